The van der Waals surface area contributed by atoms with E-state index in [1.54, 1.807) is 0 Å². The lowest BCUT2D eigenvalue weighted by Gasteiger charge is -2.36. The zero-order valence-electron chi connectivity index (χ0n) is 15.4. The van der Waals surface area contributed by atoms with Crippen LogP contribution < -0.4 is 15.1 Å². The fraction of sp³-hybridized carbons (Fsp3) is 0.526. The summed E-state index contributed by atoms with van der Waals surface area (Å²) in [7, 11) is 0. The van der Waals surface area contributed by atoms with Crippen molar-refractivity contribution in [3.05, 3.63) is 36.2 Å². The topological polar surface area (TPSA) is 57.2 Å². The maximum atomic E-state index is 4.72. The van der Waals surface area contributed by atoms with E-state index in [2.05, 4.69) is 51.1 Å². The minimum absolute atomic E-state index is 0.677. The molecule has 1 saturated heterocycles. The summed E-state index contributed by atoms with van der Waals surface area (Å²) < 4.78 is 0. The van der Waals surface area contributed by atoms with Gasteiger partial charge < -0.3 is 15.1 Å². The molecule has 25 heavy (non-hydrogen) atoms. The third-order valence-electron chi connectivity index (χ3n) is 4.42. The SMILES string of the molecule is Cc1cc(N2CCN(c3ccccn3)CC2)nc(NCCC(C)C)n1. The molecule has 2 aromatic rings. The van der Waals surface area contributed by atoms with Crippen molar-refractivity contribution < 1.29 is 0 Å². The summed E-state index contributed by atoms with van der Waals surface area (Å²) in [6, 6.07) is 8.14. The Labute approximate surface area is 150 Å². The van der Waals surface area contributed by atoms with Gasteiger partial charge in [0.25, 0.3) is 0 Å². The van der Waals surface area contributed by atoms with Gasteiger partial charge in [-0.25, -0.2) is 9.97 Å². The van der Waals surface area contributed by atoms with Crippen LogP contribution in [0, 0.1) is 12.8 Å². The van der Waals surface area contributed by atoms with E-state index in [1.807, 2.05) is 25.3 Å². The molecular weight excluding hydrogens is 312 g/mol. The number of pyridine rings is 1. The first kappa shape index (κ1) is 17.5. The molecule has 1 fully saturated rings. The fourth-order valence-electron chi connectivity index (χ4n) is 2.97. The third kappa shape index (κ3) is 4.81. The number of nitrogens with one attached hydrogen (secondary N) is 1. The Balaban J connectivity index is 1.61. The number of rotatable bonds is 6. The largest absolute Gasteiger partial charge is 0.354 e. The summed E-state index contributed by atoms with van der Waals surface area (Å²) >= 11 is 0. The van der Waals surface area contributed by atoms with Crippen LogP contribution in [-0.4, -0.2) is 47.7 Å². The van der Waals surface area contributed by atoms with Crippen molar-refractivity contribution in [2.24, 2.45) is 5.92 Å². The number of anilines is 3. The molecule has 0 atom stereocenters. The van der Waals surface area contributed by atoms with E-state index < -0.39 is 0 Å². The summed E-state index contributed by atoms with van der Waals surface area (Å²) in [6.45, 7) is 11.2. The molecule has 0 unspecified atom stereocenters. The van der Waals surface area contributed by atoms with Gasteiger partial charge in [-0.05, 0) is 31.4 Å². The summed E-state index contributed by atoms with van der Waals surface area (Å²) in [5.74, 6) is 3.48. The minimum Gasteiger partial charge on any atom is -0.354 e. The fourth-order valence-corrected chi connectivity index (χ4v) is 2.97. The quantitative estimate of drug-likeness (QED) is 0.872. The molecule has 3 heterocycles. The van der Waals surface area contributed by atoms with E-state index in [-0.39, 0.29) is 0 Å². The van der Waals surface area contributed by atoms with Crippen LogP contribution in [-0.2, 0) is 0 Å². The molecule has 0 aromatic carbocycles. The van der Waals surface area contributed by atoms with Crippen LogP contribution >= 0.6 is 0 Å². The molecule has 0 bridgehead atoms. The van der Waals surface area contributed by atoms with Crippen molar-refractivity contribution in [2.75, 3.05) is 47.8 Å². The van der Waals surface area contributed by atoms with Crippen molar-refractivity contribution in [2.45, 2.75) is 27.2 Å². The third-order valence-corrected chi connectivity index (χ3v) is 4.42. The number of aryl methyl sites for hydroxylation is 1. The molecule has 3 rings (SSSR count). The molecule has 1 aliphatic rings. The second kappa shape index (κ2) is 8.14. The summed E-state index contributed by atoms with van der Waals surface area (Å²) in [5.41, 5.74) is 1.00. The number of hydrogen-bond donors (Lipinski definition) is 1. The first-order valence-electron chi connectivity index (χ1n) is 9.12. The summed E-state index contributed by atoms with van der Waals surface area (Å²) in [5, 5.41) is 3.36. The van der Waals surface area contributed by atoms with E-state index in [0.717, 1.165) is 62.4 Å². The van der Waals surface area contributed by atoms with Gasteiger partial charge >= 0.3 is 0 Å². The van der Waals surface area contributed by atoms with Crippen molar-refractivity contribution in [1.82, 2.24) is 15.0 Å². The monoisotopic (exact) mass is 340 g/mol. The lowest BCUT2D eigenvalue weighted by Crippen LogP contribution is -2.47. The van der Waals surface area contributed by atoms with Gasteiger partial charge in [-0.3, -0.25) is 0 Å². The Bertz CT molecular complexity index is 665. The highest BCUT2D eigenvalue weighted by Crippen LogP contribution is 2.19. The molecule has 1 N–H and O–H groups in total. The van der Waals surface area contributed by atoms with E-state index in [9.17, 15) is 0 Å². The first-order chi connectivity index (χ1) is 12.1. The van der Waals surface area contributed by atoms with Crippen LogP contribution in [0.15, 0.2) is 30.5 Å². The molecule has 0 spiro atoms. The standard InChI is InChI=1S/C19H28N6/c1-15(2)7-9-21-19-22-16(3)14-18(23-19)25-12-10-24(11-13-25)17-6-4-5-8-20-17/h4-6,8,14-15H,7,9-13H2,1-3H3,(H,21,22,23). The number of piperazine rings is 1. The van der Waals surface area contributed by atoms with E-state index in [0.29, 0.717) is 5.92 Å². The van der Waals surface area contributed by atoms with Gasteiger partial charge in [-0.1, -0.05) is 19.9 Å². The Hall–Kier alpha value is -2.37. The van der Waals surface area contributed by atoms with E-state index in [1.165, 1.54) is 0 Å². The summed E-state index contributed by atoms with van der Waals surface area (Å²) in [4.78, 5) is 18.3. The Kier molecular flexibility index (Phi) is 5.68. The van der Waals surface area contributed by atoms with Gasteiger partial charge in [0.1, 0.15) is 11.6 Å². The molecule has 0 saturated carbocycles. The molecule has 2 aromatic heterocycles. The highest BCUT2D eigenvalue weighted by atomic mass is 15.3. The van der Waals surface area contributed by atoms with Crippen molar-refractivity contribution >= 4 is 17.6 Å². The van der Waals surface area contributed by atoms with E-state index in [4.69, 9.17) is 4.98 Å². The van der Waals surface area contributed by atoms with Crippen LogP contribution in [0.1, 0.15) is 26.0 Å². The number of aromatic nitrogens is 3. The average molecular weight is 340 g/mol. The van der Waals surface area contributed by atoms with Crippen LogP contribution in [0.25, 0.3) is 0 Å². The van der Waals surface area contributed by atoms with Gasteiger partial charge in [0, 0.05) is 50.7 Å². The predicted octanol–water partition coefficient (Wildman–Crippen LogP) is 2.96. The molecule has 0 radical (unpaired) electrons. The second-order valence-electron chi connectivity index (χ2n) is 6.96. The van der Waals surface area contributed by atoms with Crippen molar-refractivity contribution in [3.8, 4) is 0 Å². The molecule has 0 amide bonds. The minimum atomic E-state index is 0.677. The zero-order chi connectivity index (χ0) is 17.6. The van der Waals surface area contributed by atoms with Crippen LogP contribution in [0.3, 0.4) is 0 Å². The van der Waals surface area contributed by atoms with Crippen LogP contribution in [0.2, 0.25) is 0 Å². The Morgan fingerprint density at radius 2 is 1.76 bits per heavy atom. The van der Waals surface area contributed by atoms with Crippen molar-refractivity contribution in [3.63, 3.8) is 0 Å². The molecule has 134 valence electrons. The number of nitrogens with zero attached hydrogens (tertiary/aromatic N) is 5. The number of hydrogen-bond acceptors (Lipinski definition) is 6. The highest BCUT2D eigenvalue weighted by Gasteiger charge is 2.19. The molecular formula is C19H28N6. The predicted molar refractivity (Wildman–Crippen MR) is 103 cm³/mol. The second-order valence-corrected chi connectivity index (χ2v) is 6.96. The van der Waals surface area contributed by atoms with E-state index >= 15 is 0 Å². The van der Waals surface area contributed by atoms with Gasteiger partial charge in [0.15, 0.2) is 0 Å². The molecule has 0 aliphatic carbocycles. The molecule has 1 aliphatic heterocycles. The smallest absolute Gasteiger partial charge is 0.224 e. The van der Waals surface area contributed by atoms with Crippen molar-refractivity contribution in [1.29, 1.82) is 0 Å². The zero-order valence-corrected chi connectivity index (χ0v) is 15.4. The average Bonchev–Trinajstić information content (AvgIpc) is 2.62. The highest BCUT2D eigenvalue weighted by molar-refractivity contribution is 5.48. The molecule has 6 nitrogen and oxygen atoms in total. The van der Waals surface area contributed by atoms with Gasteiger partial charge in [0.05, 0.1) is 0 Å². The van der Waals surface area contributed by atoms with Crippen LogP contribution in [0.5, 0.6) is 0 Å². The summed E-state index contributed by atoms with van der Waals surface area (Å²) in [6.07, 6.45) is 2.97. The Morgan fingerprint density at radius 3 is 2.40 bits per heavy atom. The lowest BCUT2D eigenvalue weighted by molar-refractivity contribution is 0.605. The molecule has 6 heteroatoms. The van der Waals surface area contributed by atoms with Gasteiger partial charge in [0.2, 0.25) is 5.95 Å². The van der Waals surface area contributed by atoms with Gasteiger partial charge in [-0.2, -0.15) is 4.98 Å². The Morgan fingerprint density at radius 1 is 1.04 bits per heavy atom. The normalized spacial score (nSPS) is 14.9. The first-order valence-corrected chi connectivity index (χ1v) is 9.12. The van der Waals surface area contributed by atoms with Crippen LogP contribution in [0.4, 0.5) is 17.6 Å². The lowest BCUT2D eigenvalue weighted by atomic mass is 10.1. The maximum absolute atomic E-state index is 4.72. The maximum Gasteiger partial charge on any atom is 0.224 e. The van der Waals surface area contributed by atoms with Gasteiger partial charge in [-0.15, -0.1) is 0 Å².